The lowest BCUT2D eigenvalue weighted by atomic mass is 10.1. The van der Waals surface area contributed by atoms with Gasteiger partial charge in [-0.05, 0) is 53.5 Å². The molecule has 1 heterocycles. The van der Waals surface area contributed by atoms with Crippen molar-refractivity contribution in [1.82, 2.24) is 9.97 Å². The number of hydrogen-bond acceptors (Lipinski definition) is 2. The van der Waals surface area contributed by atoms with Crippen molar-refractivity contribution in [2.75, 3.05) is 0 Å². The molecule has 1 N–H and O–H groups in total. The third-order valence-electron chi connectivity index (χ3n) is 2.47. The van der Waals surface area contributed by atoms with E-state index in [1.807, 2.05) is 6.92 Å². The second-order valence-electron chi connectivity index (χ2n) is 3.79. The molecule has 0 atom stereocenters. The standard InChI is InChI=1S/C12H10BrFN2S/c1-6-5-8(3-4-9(6)14)11-15-7(2)10(13)12(17)16-11/h3-5H,1-2H3,(H,15,16,17). The predicted molar refractivity (Wildman–Crippen MR) is 72.0 cm³/mol. The molecule has 0 fully saturated rings. The van der Waals surface area contributed by atoms with Gasteiger partial charge in [-0.15, -0.1) is 0 Å². The Kier molecular flexibility index (Phi) is 3.40. The summed E-state index contributed by atoms with van der Waals surface area (Å²) in [5.41, 5.74) is 2.32. The number of benzene rings is 1. The summed E-state index contributed by atoms with van der Waals surface area (Å²) >= 11 is 8.49. The molecule has 1 aromatic carbocycles. The number of halogens is 2. The quantitative estimate of drug-likeness (QED) is 0.794. The van der Waals surface area contributed by atoms with Gasteiger partial charge in [-0.2, -0.15) is 0 Å². The van der Waals surface area contributed by atoms with Gasteiger partial charge in [0.15, 0.2) is 0 Å². The fourth-order valence-electron chi connectivity index (χ4n) is 1.50. The molecular formula is C12H10BrFN2S. The summed E-state index contributed by atoms with van der Waals surface area (Å²) in [4.78, 5) is 7.40. The fourth-order valence-corrected chi connectivity index (χ4v) is 1.93. The van der Waals surface area contributed by atoms with Gasteiger partial charge in [-0.25, -0.2) is 9.37 Å². The van der Waals surface area contributed by atoms with Gasteiger partial charge in [0, 0.05) is 11.3 Å². The van der Waals surface area contributed by atoms with Crippen LogP contribution in [-0.4, -0.2) is 9.97 Å². The molecule has 5 heteroatoms. The normalized spacial score (nSPS) is 10.6. The number of nitrogens with zero attached hydrogens (tertiary/aromatic N) is 1. The van der Waals surface area contributed by atoms with Gasteiger partial charge in [0.2, 0.25) is 0 Å². The topological polar surface area (TPSA) is 28.7 Å². The van der Waals surface area contributed by atoms with Gasteiger partial charge < -0.3 is 4.98 Å². The third-order valence-corrected chi connectivity index (χ3v) is 4.00. The minimum Gasteiger partial charge on any atom is -0.342 e. The monoisotopic (exact) mass is 312 g/mol. The number of hydrogen-bond donors (Lipinski definition) is 1. The van der Waals surface area contributed by atoms with Crippen molar-refractivity contribution < 1.29 is 4.39 Å². The smallest absolute Gasteiger partial charge is 0.144 e. The molecule has 0 bridgehead atoms. The van der Waals surface area contributed by atoms with Crippen LogP contribution in [0.25, 0.3) is 11.4 Å². The molecule has 0 saturated heterocycles. The molecular weight excluding hydrogens is 303 g/mol. The Morgan fingerprint density at radius 3 is 2.65 bits per heavy atom. The maximum atomic E-state index is 13.2. The number of aromatic nitrogens is 2. The first kappa shape index (κ1) is 12.4. The van der Waals surface area contributed by atoms with E-state index in [-0.39, 0.29) is 5.82 Å². The Morgan fingerprint density at radius 2 is 2.06 bits per heavy atom. The summed E-state index contributed by atoms with van der Waals surface area (Å²) < 4.78 is 14.5. The summed E-state index contributed by atoms with van der Waals surface area (Å²) in [6, 6.07) is 4.86. The minimum absolute atomic E-state index is 0.221. The molecule has 88 valence electrons. The van der Waals surface area contributed by atoms with Gasteiger partial charge in [-0.3, -0.25) is 0 Å². The van der Waals surface area contributed by atoms with Crippen molar-refractivity contribution in [3.63, 3.8) is 0 Å². The Labute approximate surface area is 112 Å². The highest BCUT2D eigenvalue weighted by Crippen LogP contribution is 2.22. The zero-order chi connectivity index (χ0) is 12.6. The molecule has 2 rings (SSSR count). The summed E-state index contributed by atoms with van der Waals surface area (Å²) in [6.45, 7) is 3.63. The van der Waals surface area contributed by atoms with Crippen molar-refractivity contribution in [3.8, 4) is 11.4 Å². The van der Waals surface area contributed by atoms with Crippen molar-refractivity contribution >= 4 is 28.1 Å². The van der Waals surface area contributed by atoms with Crippen LogP contribution in [0.4, 0.5) is 4.39 Å². The lowest BCUT2D eigenvalue weighted by molar-refractivity contribution is 0.618. The molecule has 0 unspecified atom stereocenters. The molecule has 0 aliphatic rings. The average Bonchev–Trinajstić information content (AvgIpc) is 2.29. The lowest BCUT2D eigenvalue weighted by Gasteiger charge is -2.06. The third kappa shape index (κ3) is 2.45. The van der Waals surface area contributed by atoms with Crippen molar-refractivity contribution in [1.29, 1.82) is 0 Å². The first-order chi connectivity index (χ1) is 7.99. The number of aryl methyl sites for hydroxylation is 2. The van der Waals surface area contributed by atoms with Crippen LogP contribution in [0.15, 0.2) is 22.7 Å². The van der Waals surface area contributed by atoms with Crippen LogP contribution >= 0.6 is 28.1 Å². The van der Waals surface area contributed by atoms with Crippen LogP contribution in [0.3, 0.4) is 0 Å². The predicted octanol–water partition coefficient (Wildman–Crippen LogP) is 4.32. The SMILES string of the molecule is Cc1cc(-c2nc(=S)c(Br)c(C)[nH]2)ccc1F. The van der Waals surface area contributed by atoms with Crippen LogP contribution in [-0.2, 0) is 0 Å². The van der Waals surface area contributed by atoms with Gasteiger partial charge in [0.25, 0.3) is 0 Å². The van der Waals surface area contributed by atoms with Crippen LogP contribution in [0.5, 0.6) is 0 Å². The highest BCUT2D eigenvalue weighted by atomic mass is 79.9. The minimum atomic E-state index is -0.221. The van der Waals surface area contributed by atoms with E-state index in [1.165, 1.54) is 6.07 Å². The molecule has 0 radical (unpaired) electrons. The van der Waals surface area contributed by atoms with Crippen LogP contribution in [0.2, 0.25) is 0 Å². The van der Waals surface area contributed by atoms with E-state index in [2.05, 4.69) is 25.9 Å². The van der Waals surface area contributed by atoms with Crippen LogP contribution < -0.4 is 0 Å². The van der Waals surface area contributed by atoms with Crippen LogP contribution in [0, 0.1) is 24.3 Å². The first-order valence-corrected chi connectivity index (χ1v) is 6.22. The zero-order valence-corrected chi connectivity index (χ0v) is 11.7. The summed E-state index contributed by atoms with van der Waals surface area (Å²) in [5, 5.41) is 0. The summed E-state index contributed by atoms with van der Waals surface area (Å²) in [7, 11) is 0. The molecule has 0 aliphatic carbocycles. The molecule has 1 aromatic heterocycles. The highest BCUT2D eigenvalue weighted by Gasteiger charge is 2.06. The summed E-state index contributed by atoms with van der Waals surface area (Å²) in [6.07, 6.45) is 0. The number of nitrogens with one attached hydrogen (secondary N) is 1. The zero-order valence-electron chi connectivity index (χ0n) is 9.34. The fraction of sp³-hybridized carbons (Fsp3) is 0.167. The van der Waals surface area contributed by atoms with Crippen molar-refractivity contribution in [3.05, 3.63) is 44.4 Å². The van der Waals surface area contributed by atoms with E-state index in [1.54, 1.807) is 19.1 Å². The summed E-state index contributed by atoms with van der Waals surface area (Å²) in [5.74, 6) is 0.431. The van der Waals surface area contributed by atoms with E-state index in [4.69, 9.17) is 12.2 Å². The van der Waals surface area contributed by atoms with Gasteiger partial charge >= 0.3 is 0 Å². The molecule has 0 amide bonds. The second kappa shape index (κ2) is 4.66. The molecule has 0 aliphatic heterocycles. The average molecular weight is 313 g/mol. The van der Waals surface area contributed by atoms with E-state index in [9.17, 15) is 4.39 Å². The van der Waals surface area contributed by atoms with Gasteiger partial charge in [0.1, 0.15) is 16.3 Å². The van der Waals surface area contributed by atoms with E-state index in [0.29, 0.717) is 16.0 Å². The Bertz CT molecular complexity index is 637. The number of H-pyrrole nitrogens is 1. The van der Waals surface area contributed by atoms with E-state index >= 15 is 0 Å². The Hall–Kier alpha value is -1.07. The second-order valence-corrected chi connectivity index (χ2v) is 4.97. The largest absolute Gasteiger partial charge is 0.342 e. The number of aromatic amines is 1. The van der Waals surface area contributed by atoms with E-state index < -0.39 is 0 Å². The van der Waals surface area contributed by atoms with Crippen molar-refractivity contribution in [2.45, 2.75) is 13.8 Å². The van der Waals surface area contributed by atoms with E-state index in [0.717, 1.165) is 15.7 Å². The maximum Gasteiger partial charge on any atom is 0.144 e. The molecule has 0 spiro atoms. The lowest BCUT2D eigenvalue weighted by Crippen LogP contribution is -1.95. The van der Waals surface area contributed by atoms with Crippen LogP contribution in [0.1, 0.15) is 11.3 Å². The maximum absolute atomic E-state index is 13.2. The molecule has 0 saturated carbocycles. The molecule has 2 nitrogen and oxygen atoms in total. The molecule has 17 heavy (non-hydrogen) atoms. The first-order valence-electron chi connectivity index (χ1n) is 5.02. The Morgan fingerprint density at radius 1 is 1.35 bits per heavy atom. The molecule has 2 aromatic rings. The number of rotatable bonds is 1. The Balaban J connectivity index is 2.61. The van der Waals surface area contributed by atoms with Gasteiger partial charge in [0.05, 0.1) is 4.47 Å². The van der Waals surface area contributed by atoms with Crippen molar-refractivity contribution in [2.24, 2.45) is 0 Å². The van der Waals surface area contributed by atoms with Gasteiger partial charge in [-0.1, -0.05) is 12.2 Å². The highest BCUT2D eigenvalue weighted by molar-refractivity contribution is 9.10.